The molecule has 1 N–H and O–H groups in total. The van der Waals surface area contributed by atoms with E-state index in [-0.39, 0.29) is 12.5 Å². The second kappa shape index (κ2) is 6.80. The van der Waals surface area contributed by atoms with Gasteiger partial charge in [-0.15, -0.1) is 10.2 Å². The zero-order valence-corrected chi connectivity index (χ0v) is 14.0. The first-order chi connectivity index (χ1) is 11.8. The lowest BCUT2D eigenvalue weighted by atomic mass is 10.1. The number of ether oxygens (including phenoxy) is 1. The van der Waals surface area contributed by atoms with Crippen LogP contribution in [0.15, 0.2) is 24.3 Å². The molecule has 126 valence electrons. The van der Waals surface area contributed by atoms with Crippen molar-refractivity contribution < 1.29 is 9.53 Å². The van der Waals surface area contributed by atoms with Gasteiger partial charge in [0.15, 0.2) is 6.61 Å². The molecule has 2 atom stereocenters. The summed E-state index contributed by atoms with van der Waals surface area (Å²) in [7, 11) is 0. The lowest BCUT2D eigenvalue weighted by Crippen LogP contribution is -2.39. The molecule has 2 aliphatic heterocycles. The van der Waals surface area contributed by atoms with Crippen molar-refractivity contribution in [3.05, 3.63) is 24.3 Å². The van der Waals surface area contributed by atoms with E-state index in [0.717, 1.165) is 30.3 Å². The van der Waals surface area contributed by atoms with Gasteiger partial charge in [-0.3, -0.25) is 4.79 Å². The molecule has 0 aliphatic carbocycles. The molecule has 2 aromatic rings. The lowest BCUT2D eigenvalue weighted by Gasteiger charge is -2.24. The summed E-state index contributed by atoms with van der Waals surface area (Å²) in [6, 6.07) is 7.42. The lowest BCUT2D eigenvalue weighted by molar-refractivity contribution is -0.133. The monoisotopic (exact) mass is 345 g/mol. The third-order valence-electron chi connectivity index (χ3n) is 4.52. The molecule has 8 heteroatoms. The molecule has 2 saturated heterocycles. The summed E-state index contributed by atoms with van der Waals surface area (Å²) >= 11 is 2.05. The Balaban J connectivity index is 1.41. The summed E-state index contributed by atoms with van der Waals surface area (Å²) in [5, 5.41) is 15.3. The molecule has 1 aromatic carbocycles. The number of rotatable bonds is 4. The van der Waals surface area contributed by atoms with Gasteiger partial charge in [0.1, 0.15) is 5.75 Å². The maximum Gasteiger partial charge on any atom is 0.260 e. The first-order valence-electron chi connectivity index (χ1n) is 8.18. The van der Waals surface area contributed by atoms with Gasteiger partial charge in [0.2, 0.25) is 5.82 Å². The number of carbonyl (C=O) groups excluding carboxylic acids is 1. The number of tetrazole rings is 1. The highest BCUT2D eigenvalue weighted by Gasteiger charge is 2.32. The molecule has 1 amide bonds. The van der Waals surface area contributed by atoms with Crippen LogP contribution in [0.25, 0.3) is 11.4 Å². The summed E-state index contributed by atoms with van der Waals surface area (Å²) in [6.07, 6.45) is 3.61. The highest BCUT2D eigenvalue weighted by Crippen LogP contribution is 2.38. The van der Waals surface area contributed by atoms with Crippen molar-refractivity contribution in [2.75, 3.05) is 19.7 Å². The number of aromatic nitrogens is 4. The Morgan fingerprint density at radius 1 is 1.29 bits per heavy atom. The molecule has 24 heavy (non-hydrogen) atoms. The number of nitrogens with one attached hydrogen (secondary N) is 1. The predicted octanol–water partition coefficient (Wildman–Crippen LogP) is 1.74. The van der Waals surface area contributed by atoms with Crippen molar-refractivity contribution >= 4 is 17.7 Å². The summed E-state index contributed by atoms with van der Waals surface area (Å²) in [5.74, 6) is 1.10. The second-order valence-corrected chi connectivity index (χ2v) is 7.71. The molecular weight excluding hydrogens is 326 g/mol. The topological polar surface area (TPSA) is 84.0 Å². The first kappa shape index (κ1) is 15.4. The number of aromatic amines is 1. The maximum absolute atomic E-state index is 12.5. The SMILES string of the molecule is O=C(COc1ccccc1-c1nn[nH]n1)N1CCC2CCC(C1)S2. The van der Waals surface area contributed by atoms with Gasteiger partial charge < -0.3 is 9.64 Å². The van der Waals surface area contributed by atoms with Crippen molar-refractivity contribution in [1.82, 2.24) is 25.5 Å². The van der Waals surface area contributed by atoms with E-state index >= 15 is 0 Å². The highest BCUT2D eigenvalue weighted by atomic mass is 32.2. The van der Waals surface area contributed by atoms with E-state index in [1.54, 1.807) is 0 Å². The Labute approximate surface area is 144 Å². The van der Waals surface area contributed by atoms with E-state index in [1.165, 1.54) is 12.8 Å². The van der Waals surface area contributed by atoms with Crippen LogP contribution in [0.3, 0.4) is 0 Å². The Kier molecular flexibility index (Phi) is 4.38. The number of para-hydroxylation sites is 1. The molecular formula is C16H19N5O2S. The molecule has 2 aliphatic rings. The van der Waals surface area contributed by atoms with Gasteiger partial charge in [-0.25, -0.2) is 0 Å². The molecule has 0 saturated carbocycles. The van der Waals surface area contributed by atoms with E-state index in [0.29, 0.717) is 16.8 Å². The Hall–Kier alpha value is -2.09. The first-order valence-corrected chi connectivity index (χ1v) is 9.13. The van der Waals surface area contributed by atoms with Crippen molar-refractivity contribution in [1.29, 1.82) is 0 Å². The van der Waals surface area contributed by atoms with Crippen LogP contribution >= 0.6 is 11.8 Å². The molecule has 0 radical (unpaired) electrons. The van der Waals surface area contributed by atoms with Gasteiger partial charge in [0, 0.05) is 23.6 Å². The third-order valence-corrected chi connectivity index (χ3v) is 6.14. The molecule has 3 heterocycles. The Morgan fingerprint density at radius 3 is 3.04 bits per heavy atom. The van der Waals surface area contributed by atoms with Crippen LogP contribution in [0, 0.1) is 0 Å². The van der Waals surface area contributed by atoms with Gasteiger partial charge in [-0.1, -0.05) is 12.1 Å². The number of likely N-dealkylation sites (tertiary alicyclic amines) is 1. The Morgan fingerprint density at radius 2 is 2.17 bits per heavy atom. The number of hydrogen-bond donors (Lipinski definition) is 1. The molecule has 7 nitrogen and oxygen atoms in total. The average Bonchev–Trinajstić information content (AvgIpc) is 3.23. The predicted molar refractivity (Wildman–Crippen MR) is 90.7 cm³/mol. The number of carbonyl (C=O) groups is 1. The summed E-state index contributed by atoms with van der Waals surface area (Å²) in [5.41, 5.74) is 0.726. The fourth-order valence-electron chi connectivity index (χ4n) is 3.27. The number of hydrogen-bond acceptors (Lipinski definition) is 6. The number of fused-ring (bicyclic) bond motifs is 2. The normalized spacial score (nSPS) is 23.1. The van der Waals surface area contributed by atoms with Crippen molar-refractivity contribution in [3.63, 3.8) is 0 Å². The number of thioether (sulfide) groups is 1. The summed E-state index contributed by atoms with van der Waals surface area (Å²) in [6.45, 7) is 1.72. The standard InChI is InChI=1S/C16H19N5O2S/c22-15(21-8-7-11-5-6-12(9-21)24-11)10-23-14-4-2-1-3-13(14)16-17-19-20-18-16/h1-4,11-12H,5-10H2,(H,17,18,19,20). The van der Waals surface area contributed by atoms with E-state index in [9.17, 15) is 4.79 Å². The van der Waals surface area contributed by atoms with Crippen molar-refractivity contribution in [3.8, 4) is 17.1 Å². The largest absolute Gasteiger partial charge is 0.483 e. The smallest absolute Gasteiger partial charge is 0.260 e. The fraction of sp³-hybridized carbons (Fsp3) is 0.500. The highest BCUT2D eigenvalue weighted by molar-refractivity contribution is 8.00. The quantitative estimate of drug-likeness (QED) is 0.909. The Bertz CT molecular complexity index is 708. The van der Waals surface area contributed by atoms with Gasteiger partial charge >= 0.3 is 0 Å². The summed E-state index contributed by atoms with van der Waals surface area (Å²) < 4.78 is 5.78. The fourth-order valence-corrected chi connectivity index (χ4v) is 4.87. The van der Waals surface area contributed by atoms with Crippen LogP contribution in [-0.4, -0.2) is 61.6 Å². The van der Waals surface area contributed by atoms with Crippen LogP contribution in [0.1, 0.15) is 19.3 Å². The minimum Gasteiger partial charge on any atom is -0.483 e. The van der Waals surface area contributed by atoms with Crippen molar-refractivity contribution in [2.45, 2.75) is 29.8 Å². The van der Waals surface area contributed by atoms with Crippen LogP contribution in [0.2, 0.25) is 0 Å². The van der Waals surface area contributed by atoms with E-state index in [2.05, 4.69) is 20.6 Å². The van der Waals surface area contributed by atoms with Gasteiger partial charge in [0.05, 0.1) is 5.56 Å². The average molecular weight is 345 g/mol. The van der Waals surface area contributed by atoms with Gasteiger partial charge in [-0.2, -0.15) is 17.0 Å². The van der Waals surface area contributed by atoms with Crippen LogP contribution < -0.4 is 4.74 Å². The van der Waals surface area contributed by atoms with Crippen LogP contribution in [0.5, 0.6) is 5.75 Å². The van der Waals surface area contributed by atoms with E-state index < -0.39 is 0 Å². The maximum atomic E-state index is 12.5. The van der Waals surface area contributed by atoms with Gasteiger partial charge in [0.25, 0.3) is 5.91 Å². The third kappa shape index (κ3) is 3.24. The minimum atomic E-state index is 0.0386. The molecule has 2 fully saturated rings. The van der Waals surface area contributed by atoms with Gasteiger partial charge in [-0.05, 0) is 36.6 Å². The van der Waals surface area contributed by atoms with Crippen LogP contribution in [-0.2, 0) is 4.79 Å². The molecule has 2 unspecified atom stereocenters. The number of nitrogens with zero attached hydrogens (tertiary/aromatic N) is 4. The zero-order valence-electron chi connectivity index (χ0n) is 13.2. The minimum absolute atomic E-state index is 0.0386. The second-order valence-electron chi connectivity index (χ2n) is 6.11. The van der Waals surface area contributed by atoms with E-state index in [1.807, 2.05) is 40.9 Å². The summed E-state index contributed by atoms with van der Waals surface area (Å²) in [4.78, 5) is 14.5. The number of benzene rings is 1. The molecule has 2 bridgehead atoms. The molecule has 0 spiro atoms. The van der Waals surface area contributed by atoms with E-state index in [4.69, 9.17) is 4.74 Å². The zero-order chi connectivity index (χ0) is 16.4. The number of H-pyrrole nitrogens is 1. The number of amides is 1. The molecule has 4 rings (SSSR count). The van der Waals surface area contributed by atoms with Crippen molar-refractivity contribution in [2.24, 2.45) is 0 Å². The van der Waals surface area contributed by atoms with Crippen LogP contribution in [0.4, 0.5) is 0 Å². The molecule has 1 aromatic heterocycles.